The molecule has 0 bridgehead atoms. The molecule has 0 radical (unpaired) electrons. The van der Waals surface area contributed by atoms with Crippen LogP contribution in [0.4, 0.5) is 11.4 Å². The number of hydrogen-bond donors (Lipinski definition) is 2. The number of fused-ring (bicyclic) bond motifs is 1. The summed E-state index contributed by atoms with van der Waals surface area (Å²) < 4.78 is 1.61. The molecule has 0 saturated heterocycles. The number of benzene rings is 2. The van der Waals surface area contributed by atoms with Crippen LogP contribution < -0.4 is 16.2 Å². The molecule has 0 spiro atoms. The first-order chi connectivity index (χ1) is 14.0. The van der Waals surface area contributed by atoms with Gasteiger partial charge in [0, 0.05) is 34.1 Å². The van der Waals surface area contributed by atoms with E-state index < -0.39 is 0 Å². The zero-order chi connectivity index (χ0) is 20.4. The molecule has 1 amide bonds. The minimum absolute atomic E-state index is 0.0776. The van der Waals surface area contributed by atoms with Gasteiger partial charge in [-0.05, 0) is 43.7 Å². The van der Waals surface area contributed by atoms with Gasteiger partial charge in [-0.2, -0.15) is 0 Å². The Bertz CT molecular complexity index is 1240. The summed E-state index contributed by atoms with van der Waals surface area (Å²) in [5.74, 6) is -0.154. The Kier molecular flexibility index (Phi) is 5.14. The van der Waals surface area contributed by atoms with Gasteiger partial charge >= 0.3 is 0 Å². The molecule has 4 rings (SSSR count). The Hall–Kier alpha value is -3.45. The third-order valence-electron chi connectivity index (χ3n) is 4.71. The third-order valence-corrected chi connectivity index (χ3v) is 5.65. The number of nitrogens with zero attached hydrogens (tertiary/aromatic N) is 2. The fourth-order valence-corrected chi connectivity index (χ4v) is 4.01. The van der Waals surface area contributed by atoms with Crippen molar-refractivity contribution in [2.75, 3.05) is 10.6 Å². The smallest absolute Gasteiger partial charge is 0.259 e. The van der Waals surface area contributed by atoms with Crippen molar-refractivity contribution in [3.63, 3.8) is 0 Å². The third kappa shape index (κ3) is 3.90. The van der Waals surface area contributed by atoms with Crippen molar-refractivity contribution in [3.8, 4) is 0 Å². The maximum atomic E-state index is 12.4. The summed E-state index contributed by atoms with van der Waals surface area (Å²) in [5.41, 5.74) is 4.62. The zero-order valence-corrected chi connectivity index (χ0v) is 16.9. The molecule has 4 aromatic rings. The number of aryl methyl sites for hydroxylation is 1. The predicted octanol–water partition coefficient (Wildman–Crippen LogP) is 4.24. The molecule has 0 saturated carbocycles. The number of carbonyl (C=O) groups excluding carboxylic acids is 1. The summed E-state index contributed by atoms with van der Waals surface area (Å²) in [5, 5.41) is 8.20. The summed E-state index contributed by atoms with van der Waals surface area (Å²) in [6.07, 6.45) is 0. The van der Waals surface area contributed by atoms with E-state index in [1.165, 1.54) is 11.3 Å². The Morgan fingerprint density at radius 2 is 1.83 bits per heavy atom. The van der Waals surface area contributed by atoms with Crippen molar-refractivity contribution in [2.45, 2.75) is 20.4 Å². The molecule has 6 nitrogen and oxygen atoms in total. The highest BCUT2D eigenvalue weighted by Gasteiger charge is 2.10. The number of anilines is 2. The van der Waals surface area contributed by atoms with Crippen molar-refractivity contribution < 1.29 is 4.79 Å². The van der Waals surface area contributed by atoms with Crippen LogP contribution in [0.15, 0.2) is 64.8 Å². The van der Waals surface area contributed by atoms with Crippen molar-refractivity contribution >= 4 is 33.6 Å². The SMILES string of the molecule is Cc1c(NCc2cc(=O)n3c(C)csc3n2)cccc1NC(=O)c1ccccc1. The second-order valence-electron chi connectivity index (χ2n) is 6.73. The summed E-state index contributed by atoms with van der Waals surface area (Å²) in [4.78, 5) is 30.0. The molecule has 7 heteroatoms. The van der Waals surface area contributed by atoms with Gasteiger partial charge in [0.05, 0.1) is 12.2 Å². The molecule has 0 atom stereocenters. The van der Waals surface area contributed by atoms with E-state index in [9.17, 15) is 9.59 Å². The minimum atomic E-state index is -0.154. The average molecular weight is 404 g/mol. The molecule has 2 aromatic heterocycles. The fraction of sp³-hybridized carbons (Fsp3) is 0.136. The Labute approximate surface area is 171 Å². The van der Waals surface area contributed by atoms with Gasteiger partial charge in [0.2, 0.25) is 0 Å². The van der Waals surface area contributed by atoms with Gasteiger partial charge in [-0.3, -0.25) is 14.0 Å². The first-order valence-electron chi connectivity index (χ1n) is 9.19. The summed E-state index contributed by atoms with van der Waals surface area (Å²) in [6, 6.07) is 16.3. The molecule has 2 aromatic carbocycles. The first kappa shape index (κ1) is 18.9. The van der Waals surface area contributed by atoms with Crippen LogP contribution in [0.1, 0.15) is 27.3 Å². The number of carbonyl (C=O) groups is 1. The average Bonchev–Trinajstić information content (AvgIpc) is 3.10. The monoisotopic (exact) mass is 404 g/mol. The normalized spacial score (nSPS) is 10.8. The van der Waals surface area contributed by atoms with Crippen molar-refractivity contribution in [2.24, 2.45) is 0 Å². The lowest BCUT2D eigenvalue weighted by Crippen LogP contribution is -2.17. The number of thiazole rings is 1. The lowest BCUT2D eigenvalue weighted by Gasteiger charge is -2.14. The molecule has 0 aliphatic rings. The highest BCUT2D eigenvalue weighted by Crippen LogP contribution is 2.24. The predicted molar refractivity (Wildman–Crippen MR) is 117 cm³/mol. The summed E-state index contributed by atoms with van der Waals surface area (Å²) in [7, 11) is 0. The second kappa shape index (κ2) is 7.89. The topological polar surface area (TPSA) is 75.5 Å². The van der Waals surface area contributed by atoms with Crippen LogP contribution >= 0.6 is 11.3 Å². The van der Waals surface area contributed by atoms with E-state index in [-0.39, 0.29) is 11.5 Å². The maximum absolute atomic E-state index is 12.4. The van der Waals surface area contributed by atoms with Crippen LogP contribution in [0.25, 0.3) is 4.96 Å². The first-order valence-corrected chi connectivity index (χ1v) is 10.1. The lowest BCUT2D eigenvalue weighted by molar-refractivity contribution is 0.102. The fourth-order valence-electron chi connectivity index (χ4n) is 3.12. The number of aromatic nitrogens is 2. The van der Waals surface area contributed by atoms with E-state index in [0.717, 1.165) is 22.6 Å². The van der Waals surface area contributed by atoms with E-state index in [1.54, 1.807) is 22.6 Å². The van der Waals surface area contributed by atoms with E-state index in [0.29, 0.717) is 22.8 Å². The molecule has 146 valence electrons. The summed E-state index contributed by atoms with van der Waals surface area (Å²) >= 11 is 1.45. The number of nitrogens with one attached hydrogen (secondary N) is 2. The van der Waals surface area contributed by atoms with Gasteiger partial charge in [0.25, 0.3) is 11.5 Å². The van der Waals surface area contributed by atoms with Gasteiger partial charge in [-0.1, -0.05) is 24.3 Å². The van der Waals surface area contributed by atoms with Crippen LogP contribution in [0.2, 0.25) is 0 Å². The van der Waals surface area contributed by atoms with Crippen LogP contribution in [-0.4, -0.2) is 15.3 Å². The number of rotatable bonds is 5. The Balaban J connectivity index is 1.52. The van der Waals surface area contributed by atoms with Gasteiger partial charge in [-0.25, -0.2) is 4.98 Å². The van der Waals surface area contributed by atoms with Crippen LogP contribution in [-0.2, 0) is 6.54 Å². The molecule has 2 heterocycles. The largest absolute Gasteiger partial charge is 0.379 e. The molecular weight excluding hydrogens is 384 g/mol. The molecule has 0 aliphatic carbocycles. The van der Waals surface area contributed by atoms with Crippen LogP contribution in [0.5, 0.6) is 0 Å². The van der Waals surface area contributed by atoms with Gasteiger partial charge in [0.1, 0.15) is 0 Å². The lowest BCUT2D eigenvalue weighted by atomic mass is 10.1. The zero-order valence-electron chi connectivity index (χ0n) is 16.1. The molecule has 29 heavy (non-hydrogen) atoms. The Morgan fingerprint density at radius 3 is 2.62 bits per heavy atom. The standard InChI is InChI=1S/C22H20N4O2S/c1-14-13-29-22-24-17(11-20(27)26(14)22)12-23-18-9-6-10-19(15(18)2)25-21(28)16-7-4-3-5-8-16/h3-11,13,23H,12H2,1-2H3,(H,25,28). The van der Waals surface area contributed by atoms with Crippen LogP contribution in [0, 0.1) is 13.8 Å². The molecule has 0 aliphatic heterocycles. The van der Waals surface area contributed by atoms with E-state index in [4.69, 9.17) is 0 Å². The van der Waals surface area contributed by atoms with E-state index in [2.05, 4.69) is 15.6 Å². The Morgan fingerprint density at radius 1 is 1.07 bits per heavy atom. The van der Waals surface area contributed by atoms with Crippen LogP contribution in [0.3, 0.4) is 0 Å². The van der Waals surface area contributed by atoms with Crippen molar-refractivity contribution in [1.82, 2.24) is 9.38 Å². The van der Waals surface area contributed by atoms with Gasteiger partial charge in [0.15, 0.2) is 4.96 Å². The highest BCUT2D eigenvalue weighted by atomic mass is 32.1. The molecular formula is C22H20N4O2S. The maximum Gasteiger partial charge on any atom is 0.259 e. The van der Waals surface area contributed by atoms with E-state index >= 15 is 0 Å². The van der Waals surface area contributed by atoms with Crippen molar-refractivity contribution in [3.05, 3.63) is 92.8 Å². The number of amides is 1. The minimum Gasteiger partial charge on any atom is -0.379 e. The van der Waals surface area contributed by atoms with E-state index in [1.807, 2.05) is 55.6 Å². The molecule has 0 fully saturated rings. The van der Waals surface area contributed by atoms with Gasteiger partial charge < -0.3 is 10.6 Å². The summed E-state index contributed by atoms with van der Waals surface area (Å²) in [6.45, 7) is 4.25. The quantitative estimate of drug-likeness (QED) is 0.522. The number of hydrogen-bond acceptors (Lipinski definition) is 5. The second-order valence-corrected chi connectivity index (χ2v) is 7.57. The van der Waals surface area contributed by atoms with Crippen molar-refractivity contribution in [1.29, 1.82) is 0 Å². The van der Waals surface area contributed by atoms with Gasteiger partial charge in [-0.15, -0.1) is 11.3 Å². The highest BCUT2D eigenvalue weighted by molar-refractivity contribution is 7.15. The molecule has 0 unspecified atom stereocenters. The molecule has 2 N–H and O–H groups in total.